The molecule has 0 aliphatic rings. The minimum atomic E-state index is -0.651. The SMILES string of the molecule is CCCCCCCCCCCCCCCCCCCCCC(=O)O.[Ag]. The van der Waals surface area contributed by atoms with E-state index in [1.807, 2.05) is 0 Å². The zero-order valence-corrected chi connectivity index (χ0v) is 18.3. The molecule has 0 atom stereocenters. The molecule has 0 aromatic rings. The summed E-state index contributed by atoms with van der Waals surface area (Å²) in [4.78, 5) is 10.4. The van der Waals surface area contributed by atoms with E-state index >= 15 is 0 Å². The second-order valence-corrected chi connectivity index (χ2v) is 7.51. The molecule has 155 valence electrons. The fourth-order valence-electron chi connectivity index (χ4n) is 3.35. The summed E-state index contributed by atoms with van der Waals surface area (Å²) in [6, 6.07) is 0. The van der Waals surface area contributed by atoms with Crippen molar-refractivity contribution in [3.63, 3.8) is 0 Å². The molecule has 0 bridgehead atoms. The van der Waals surface area contributed by atoms with Crippen molar-refractivity contribution >= 4 is 5.97 Å². The van der Waals surface area contributed by atoms with Gasteiger partial charge in [0.1, 0.15) is 0 Å². The van der Waals surface area contributed by atoms with E-state index in [9.17, 15) is 4.79 Å². The van der Waals surface area contributed by atoms with Gasteiger partial charge in [0.15, 0.2) is 0 Å². The maximum Gasteiger partial charge on any atom is 0.303 e. The molecule has 0 saturated carbocycles. The van der Waals surface area contributed by atoms with Crippen LogP contribution in [-0.4, -0.2) is 11.1 Å². The van der Waals surface area contributed by atoms with Crippen LogP contribution in [0.15, 0.2) is 0 Å². The Morgan fingerprint density at radius 2 is 0.760 bits per heavy atom. The topological polar surface area (TPSA) is 37.3 Å². The Morgan fingerprint density at radius 1 is 0.520 bits per heavy atom. The van der Waals surface area contributed by atoms with Gasteiger partial charge in [-0.3, -0.25) is 4.79 Å². The van der Waals surface area contributed by atoms with Crippen LogP contribution < -0.4 is 0 Å². The molecule has 0 fully saturated rings. The van der Waals surface area contributed by atoms with Crippen molar-refractivity contribution in [3.8, 4) is 0 Å². The summed E-state index contributed by atoms with van der Waals surface area (Å²) in [5.74, 6) is -0.651. The van der Waals surface area contributed by atoms with Crippen LogP contribution in [0.5, 0.6) is 0 Å². The summed E-state index contributed by atoms with van der Waals surface area (Å²) in [6.45, 7) is 2.28. The molecule has 0 spiro atoms. The fourth-order valence-corrected chi connectivity index (χ4v) is 3.35. The van der Waals surface area contributed by atoms with Crippen molar-refractivity contribution in [2.24, 2.45) is 0 Å². The molecule has 25 heavy (non-hydrogen) atoms. The van der Waals surface area contributed by atoms with Crippen LogP contribution in [0.2, 0.25) is 0 Å². The van der Waals surface area contributed by atoms with Crippen LogP contribution in [0, 0.1) is 0 Å². The Hall–Kier alpha value is 0.210. The standard InChI is InChI=1S/C22H44O2.Ag/c1-2-3-4-5-6-7-8-9-10-11-12-13-14-15-16-17-18-19-20-21-22(23)24;/h2-21H2,1H3,(H,23,24);. The zero-order valence-electron chi connectivity index (χ0n) is 16.8. The molecular weight excluding hydrogens is 404 g/mol. The first-order chi connectivity index (χ1) is 11.8. The van der Waals surface area contributed by atoms with Gasteiger partial charge in [-0.1, -0.05) is 122 Å². The normalized spacial score (nSPS) is 10.6. The molecule has 0 amide bonds. The van der Waals surface area contributed by atoms with Crippen LogP contribution in [0.4, 0.5) is 0 Å². The number of hydrogen-bond donors (Lipinski definition) is 1. The monoisotopic (exact) mass is 447 g/mol. The number of rotatable bonds is 20. The molecule has 1 radical (unpaired) electrons. The second kappa shape index (κ2) is 24.2. The number of unbranched alkanes of at least 4 members (excludes halogenated alkanes) is 18. The largest absolute Gasteiger partial charge is 0.481 e. The van der Waals surface area contributed by atoms with Crippen molar-refractivity contribution in [1.29, 1.82) is 0 Å². The first kappa shape index (κ1) is 27.4. The molecule has 1 N–H and O–H groups in total. The van der Waals surface area contributed by atoms with Crippen LogP contribution in [0.25, 0.3) is 0 Å². The quantitative estimate of drug-likeness (QED) is 0.152. The van der Waals surface area contributed by atoms with Gasteiger partial charge in [-0.05, 0) is 6.42 Å². The Bertz CT molecular complexity index is 256. The van der Waals surface area contributed by atoms with E-state index in [2.05, 4.69) is 6.92 Å². The van der Waals surface area contributed by atoms with Crippen molar-refractivity contribution in [2.75, 3.05) is 0 Å². The summed E-state index contributed by atoms with van der Waals surface area (Å²) in [7, 11) is 0. The summed E-state index contributed by atoms with van der Waals surface area (Å²) in [5, 5.41) is 8.56. The molecule has 0 unspecified atom stereocenters. The molecule has 0 saturated heterocycles. The average molecular weight is 448 g/mol. The molecule has 0 rings (SSSR count). The van der Waals surface area contributed by atoms with Gasteiger partial charge in [-0.25, -0.2) is 0 Å². The maximum absolute atomic E-state index is 10.4. The Kier molecular flexibility index (Phi) is 26.6. The van der Waals surface area contributed by atoms with Gasteiger partial charge in [0.05, 0.1) is 0 Å². The van der Waals surface area contributed by atoms with Gasteiger partial charge in [-0.2, -0.15) is 0 Å². The first-order valence-corrected chi connectivity index (χ1v) is 11.0. The van der Waals surface area contributed by atoms with Crippen molar-refractivity contribution in [3.05, 3.63) is 0 Å². The van der Waals surface area contributed by atoms with Crippen molar-refractivity contribution < 1.29 is 32.3 Å². The van der Waals surface area contributed by atoms with E-state index in [1.54, 1.807) is 0 Å². The summed E-state index contributed by atoms with van der Waals surface area (Å²) in [6.07, 6.45) is 26.1. The van der Waals surface area contributed by atoms with E-state index in [-0.39, 0.29) is 22.4 Å². The molecule has 0 aliphatic heterocycles. The molecular formula is C22H44AgO2. The van der Waals surface area contributed by atoms with E-state index in [1.165, 1.54) is 109 Å². The van der Waals surface area contributed by atoms with Crippen LogP contribution in [-0.2, 0) is 27.2 Å². The van der Waals surface area contributed by atoms with Gasteiger partial charge in [-0.15, -0.1) is 0 Å². The Labute approximate surface area is 173 Å². The predicted octanol–water partition coefficient (Wildman–Crippen LogP) is 7.89. The molecule has 3 heteroatoms. The van der Waals surface area contributed by atoms with E-state index in [0.29, 0.717) is 6.42 Å². The minimum Gasteiger partial charge on any atom is -0.481 e. The number of carboxylic acid groups (broad SMARTS) is 1. The fraction of sp³-hybridized carbons (Fsp3) is 0.955. The van der Waals surface area contributed by atoms with Gasteiger partial charge in [0.2, 0.25) is 0 Å². The number of aliphatic carboxylic acids is 1. The predicted molar refractivity (Wildman–Crippen MR) is 106 cm³/mol. The molecule has 0 aromatic heterocycles. The summed E-state index contributed by atoms with van der Waals surface area (Å²) >= 11 is 0. The average Bonchev–Trinajstić information content (AvgIpc) is 2.56. The summed E-state index contributed by atoms with van der Waals surface area (Å²) in [5.41, 5.74) is 0. The van der Waals surface area contributed by atoms with Crippen LogP contribution >= 0.6 is 0 Å². The zero-order chi connectivity index (χ0) is 17.7. The van der Waals surface area contributed by atoms with Crippen molar-refractivity contribution in [1.82, 2.24) is 0 Å². The third-order valence-corrected chi connectivity index (χ3v) is 4.99. The number of carboxylic acids is 1. The molecule has 0 heterocycles. The van der Waals surface area contributed by atoms with E-state index in [4.69, 9.17) is 5.11 Å². The van der Waals surface area contributed by atoms with Crippen LogP contribution in [0.1, 0.15) is 135 Å². The number of hydrogen-bond acceptors (Lipinski definition) is 1. The van der Waals surface area contributed by atoms with E-state index < -0.39 is 5.97 Å². The van der Waals surface area contributed by atoms with Crippen LogP contribution in [0.3, 0.4) is 0 Å². The van der Waals surface area contributed by atoms with Gasteiger partial charge >= 0.3 is 5.97 Å². The van der Waals surface area contributed by atoms with Gasteiger partial charge in [0, 0.05) is 28.8 Å². The van der Waals surface area contributed by atoms with Gasteiger partial charge in [0.25, 0.3) is 0 Å². The summed E-state index contributed by atoms with van der Waals surface area (Å²) < 4.78 is 0. The molecule has 2 nitrogen and oxygen atoms in total. The third kappa shape index (κ3) is 26.5. The number of carbonyl (C=O) groups is 1. The second-order valence-electron chi connectivity index (χ2n) is 7.51. The third-order valence-electron chi connectivity index (χ3n) is 4.99. The Balaban J connectivity index is 0. The Morgan fingerprint density at radius 3 is 1.00 bits per heavy atom. The first-order valence-electron chi connectivity index (χ1n) is 11.0. The van der Waals surface area contributed by atoms with E-state index in [0.717, 1.165) is 12.8 Å². The smallest absolute Gasteiger partial charge is 0.303 e. The maximum atomic E-state index is 10.4. The van der Waals surface area contributed by atoms with Crippen molar-refractivity contribution in [2.45, 2.75) is 135 Å². The molecule has 0 aromatic carbocycles. The minimum absolute atomic E-state index is 0. The van der Waals surface area contributed by atoms with Gasteiger partial charge < -0.3 is 5.11 Å². The molecule has 0 aliphatic carbocycles.